The molecule has 3 rings (SSSR count). The molecule has 0 radical (unpaired) electrons. The van der Waals surface area contributed by atoms with Crippen LogP contribution >= 0.6 is 15.9 Å². The largest absolute Gasteiger partial charge is 0.413 e. The second-order valence-electron chi connectivity index (χ2n) is 8.94. The van der Waals surface area contributed by atoms with Gasteiger partial charge in [-0.3, -0.25) is 0 Å². The molecule has 0 aliphatic heterocycles. The Kier molecular flexibility index (Phi) is 6.21. The molecule has 0 amide bonds. The summed E-state index contributed by atoms with van der Waals surface area (Å²) in [4.78, 5) is 4.67. The lowest BCUT2D eigenvalue weighted by Crippen LogP contribution is -2.48. The maximum absolute atomic E-state index is 10.8. The minimum Gasteiger partial charge on any atom is -0.413 e. The number of aliphatic hydroxyl groups is 1. The van der Waals surface area contributed by atoms with Crippen LogP contribution in [-0.4, -0.2) is 29.4 Å². The van der Waals surface area contributed by atoms with E-state index in [0.717, 1.165) is 10.1 Å². The number of aromatic nitrogens is 2. The van der Waals surface area contributed by atoms with Gasteiger partial charge in [-0.1, -0.05) is 41.5 Å². The van der Waals surface area contributed by atoms with Gasteiger partial charge in [0.1, 0.15) is 6.10 Å². The lowest BCUT2D eigenvalue weighted by molar-refractivity contribution is 0.0949. The molecule has 1 atom stereocenters. The highest BCUT2D eigenvalue weighted by Gasteiger charge is 2.45. The van der Waals surface area contributed by atoms with Gasteiger partial charge in [0.15, 0.2) is 14.0 Å². The Morgan fingerprint density at radius 1 is 1.15 bits per heavy atom. The van der Waals surface area contributed by atoms with Crippen LogP contribution in [0, 0.1) is 0 Å². The maximum atomic E-state index is 10.8. The smallest absolute Gasteiger partial charge is 0.200 e. The highest BCUT2D eigenvalue weighted by Crippen LogP contribution is 2.43. The van der Waals surface area contributed by atoms with Crippen molar-refractivity contribution in [2.75, 3.05) is 6.61 Å². The molecule has 1 N–H and O–H groups in total. The van der Waals surface area contributed by atoms with Crippen LogP contribution in [0.15, 0.2) is 22.9 Å². The number of pyridine rings is 1. The fourth-order valence-electron chi connectivity index (χ4n) is 4.71. The van der Waals surface area contributed by atoms with Crippen LogP contribution in [0.1, 0.15) is 77.7 Å². The predicted octanol–water partition coefficient (Wildman–Crippen LogP) is 6.20. The first-order valence-corrected chi connectivity index (χ1v) is 13.1. The van der Waals surface area contributed by atoms with Crippen LogP contribution in [0.2, 0.25) is 16.6 Å². The molecule has 1 aliphatic carbocycles. The summed E-state index contributed by atoms with van der Waals surface area (Å²) in [6.45, 7) is 13.9. The normalized spacial score (nSPS) is 16.9. The molecule has 150 valence electrons. The number of fused-ring (bicyclic) bond motifs is 1. The van der Waals surface area contributed by atoms with E-state index in [4.69, 9.17) is 4.43 Å². The van der Waals surface area contributed by atoms with Crippen LogP contribution in [0.25, 0.3) is 5.65 Å². The van der Waals surface area contributed by atoms with E-state index in [2.05, 4.69) is 74.7 Å². The van der Waals surface area contributed by atoms with Crippen molar-refractivity contribution in [2.45, 2.75) is 83.0 Å². The highest BCUT2D eigenvalue weighted by molar-refractivity contribution is 9.10. The van der Waals surface area contributed by atoms with E-state index in [1.54, 1.807) is 0 Å². The Bertz CT molecular complexity index is 777. The van der Waals surface area contributed by atoms with Gasteiger partial charge in [0.2, 0.25) is 0 Å². The molecule has 2 heterocycles. The standard InChI is InChI=1S/C21H33BrN2O2Si/c1-13(2)27(14(3)4,15(5)6)26-12-20(25)19-11-24-10-17(16-7-8-16)9-18(22)21(24)23-19/h9-11,13-16,20,25H,7-8,12H2,1-6H3. The second-order valence-corrected chi connectivity index (χ2v) is 15.3. The highest BCUT2D eigenvalue weighted by atomic mass is 79.9. The van der Waals surface area contributed by atoms with Crippen LogP contribution in [0.3, 0.4) is 0 Å². The Labute approximate surface area is 172 Å². The predicted molar refractivity (Wildman–Crippen MR) is 117 cm³/mol. The van der Waals surface area contributed by atoms with Crippen LogP contribution in [0.5, 0.6) is 0 Å². The molecule has 4 nitrogen and oxygen atoms in total. The van der Waals surface area contributed by atoms with Crippen molar-refractivity contribution in [3.8, 4) is 0 Å². The summed E-state index contributed by atoms with van der Waals surface area (Å²) < 4.78 is 9.58. The van der Waals surface area contributed by atoms with E-state index in [9.17, 15) is 5.11 Å². The maximum Gasteiger partial charge on any atom is 0.200 e. The van der Waals surface area contributed by atoms with Crippen molar-refractivity contribution in [3.63, 3.8) is 0 Å². The number of hydrogen-bond acceptors (Lipinski definition) is 3. The summed E-state index contributed by atoms with van der Waals surface area (Å²) in [5.74, 6) is 0.680. The summed E-state index contributed by atoms with van der Waals surface area (Å²) >= 11 is 3.64. The number of halogens is 1. The molecule has 2 aromatic heterocycles. The van der Waals surface area contributed by atoms with Gasteiger partial charge in [-0.15, -0.1) is 0 Å². The summed E-state index contributed by atoms with van der Waals surface area (Å²) in [6, 6.07) is 2.17. The Hall–Kier alpha value is -0.693. The molecule has 1 unspecified atom stereocenters. The Morgan fingerprint density at radius 3 is 2.26 bits per heavy atom. The van der Waals surface area contributed by atoms with E-state index in [1.165, 1.54) is 18.4 Å². The van der Waals surface area contributed by atoms with Gasteiger partial charge in [-0.05, 0) is 62.9 Å². The van der Waals surface area contributed by atoms with Gasteiger partial charge in [0.05, 0.1) is 16.8 Å². The van der Waals surface area contributed by atoms with Crippen molar-refractivity contribution in [2.24, 2.45) is 0 Å². The molecule has 0 bridgehead atoms. The molecular weight excluding hydrogens is 420 g/mol. The molecular formula is C21H33BrN2O2Si. The van der Waals surface area contributed by atoms with E-state index in [1.807, 2.05) is 10.6 Å². The summed E-state index contributed by atoms with van der Waals surface area (Å²) in [7, 11) is -1.99. The van der Waals surface area contributed by atoms with Gasteiger partial charge in [0.25, 0.3) is 0 Å². The molecule has 27 heavy (non-hydrogen) atoms. The van der Waals surface area contributed by atoms with Crippen molar-refractivity contribution in [1.82, 2.24) is 9.38 Å². The van der Waals surface area contributed by atoms with E-state index >= 15 is 0 Å². The average Bonchev–Trinajstić information content (AvgIpc) is 3.33. The number of imidazole rings is 1. The lowest BCUT2D eigenvalue weighted by atomic mass is 10.2. The fraction of sp³-hybridized carbons (Fsp3) is 0.667. The summed E-state index contributed by atoms with van der Waals surface area (Å²) in [5.41, 5.74) is 4.38. The first-order valence-electron chi connectivity index (χ1n) is 10.2. The third-order valence-corrected chi connectivity index (χ3v) is 12.8. The summed E-state index contributed by atoms with van der Waals surface area (Å²) in [6.07, 6.45) is 5.93. The van der Waals surface area contributed by atoms with Crippen molar-refractivity contribution < 1.29 is 9.53 Å². The minimum absolute atomic E-state index is 0.317. The van der Waals surface area contributed by atoms with E-state index in [0.29, 0.717) is 34.8 Å². The molecule has 1 fully saturated rings. The van der Waals surface area contributed by atoms with Crippen LogP contribution < -0.4 is 0 Å². The molecule has 0 spiro atoms. The molecule has 6 heteroatoms. The van der Waals surface area contributed by atoms with Gasteiger partial charge in [0, 0.05) is 12.4 Å². The van der Waals surface area contributed by atoms with Crippen molar-refractivity contribution in [3.05, 3.63) is 34.2 Å². The lowest BCUT2D eigenvalue weighted by Gasteiger charge is -2.42. The molecule has 2 aromatic rings. The van der Waals surface area contributed by atoms with Gasteiger partial charge in [-0.25, -0.2) is 4.98 Å². The first-order chi connectivity index (χ1) is 12.7. The molecule has 1 aliphatic rings. The number of hydrogen-bond donors (Lipinski definition) is 1. The Balaban J connectivity index is 1.81. The third kappa shape index (κ3) is 4.04. The quantitative estimate of drug-likeness (QED) is 0.484. The number of nitrogens with zero attached hydrogens (tertiary/aromatic N) is 2. The van der Waals surface area contributed by atoms with E-state index < -0.39 is 14.4 Å². The SMILES string of the molecule is CC(C)[Si](OCC(O)c1cn2cc(C3CC3)cc(Br)c2n1)(C(C)C)C(C)C. The number of rotatable bonds is 8. The van der Waals surface area contributed by atoms with Crippen molar-refractivity contribution in [1.29, 1.82) is 0 Å². The zero-order chi connectivity index (χ0) is 19.9. The Morgan fingerprint density at radius 2 is 1.74 bits per heavy atom. The zero-order valence-corrected chi connectivity index (χ0v) is 20.0. The topological polar surface area (TPSA) is 46.8 Å². The monoisotopic (exact) mass is 452 g/mol. The van der Waals surface area contributed by atoms with Gasteiger partial charge < -0.3 is 13.9 Å². The van der Waals surface area contributed by atoms with Gasteiger partial charge in [-0.2, -0.15) is 0 Å². The molecule has 0 aromatic carbocycles. The first kappa shape index (κ1) is 21.0. The molecule has 1 saturated carbocycles. The average molecular weight is 453 g/mol. The van der Waals surface area contributed by atoms with Crippen LogP contribution in [0.4, 0.5) is 0 Å². The zero-order valence-electron chi connectivity index (χ0n) is 17.4. The third-order valence-electron chi connectivity index (χ3n) is 6.13. The van der Waals surface area contributed by atoms with Gasteiger partial charge >= 0.3 is 0 Å². The second kappa shape index (κ2) is 7.97. The number of aliphatic hydroxyl groups excluding tert-OH is 1. The fourth-order valence-corrected chi connectivity index (χ4v) is 10.7. The minimum atomic E-state index is -1.99. The summed E-state index contributed by atoms with van der Waals surface area (Å²) in [5, 5.41) is 10.8. The van der Waals surface area contributed by atoms with Crippen LogP contribution in [-0.2, 0) is 4.43 Å². The van der Waals surface area contributed by atoms with E-state index in [-0.39, 0.29) is 0 Å². The molecule has 0 saturated heterocycles. The van der Waals surface area contributed by atoms with Crippen molar-refractivity contribution >= 4 is 29.9 Å².